The molecule has 1 aromatic rings. The van der Waals surface area contributed by atoms with E-state index < -0.39 is 10.9 Å². The van der Waals surface area contributed by atoms with Gasteiger partial charge < -0.3 is 4.79 Å². The number of halogens is 3. The van der Waals surface area contributed by atoms with E-state index in [1.807, 2.05) is 0 Å². The van der Waals surface area contributed by atoms with Gasteiger partial charge in [-0.25, -0.2) is 0 Å². The van der Waals surface area contributed by atoms with Crippen LogP contribution in [0.2, 0.25) is 0 Å². The van der Waals surface area contributed by atoms with Gasteiger partial charge in [-0.2, -0.15) is 13.2 Å². The molecule has 0 aliphatic carbocycles. The lowest BCUT2D eigenvalue weighted by Gasteiger charge is -2.17. The zero-order valence-electron chi connectivity index (χ0n) is 8.84. The molecule has 1 aromatic carbocycles. The maximum absolute atomic E-state index is 12.0. The first-order chi connectivity index (χ1) is 7.24. The van der Waals surface area contributed by atoms with Crippen LogP contribution < -0.4 is 0 Å². The third-order valence-electron chi connectivity index (χ3n) is 2.13. The summed E-state index contributed by atoms with van der Waals surface area (Å²) in [4.78, 5) is 10.9. The van der Waals surface area contributed by atoms with Gasteiger partial charge >= 0.3 is 5.51 Å². The Bertz CT molecular complexity index is 368. The minimum atomic E-state index is -4.28. The maximum Gasteiger partial charge on any atom is 0.446 e. The highest BCUT2D eigenvalue weighted by Crippen LogP contribution is 2.37. The van der Waals surface area contributed by atoms with Crippen molar-refractivity contribution in [2.75, 3.05) is 0 Å². The van der Waals surface area contributed by atoms with Crippen molar-refractivity contribution in [3.8, 4) is 0 Å². The quantitative estimate of drug-likeness (QED) is 0.598. The lowest BCUT2D eigenvalue weighted by Crippen LogP contribution is -2.18. The summed E-state index contributed by atoms with van der Waals surface area (Å²) in [5.41, 5.74) is -4.24. The Labute approximate surface area is 96.0 Å². The lowest BCUT2D eigenvalue weighted by atomic mass is 9.87. The summed E-state index contributed by atoms with van der Waals surface area (Å²) < 4.78 is 36.1. The van der Waals surface area contributed by atoms with E-state index in [1.165, 1.54) is 12.1 Å². The van der Waals surface area contributed by atoms with Gasteiger partial charge in [-0.3, -0.25) is 0 Å². The molecule has 0 saturated carbocycles. The van der Waals surface area contributed by atoms with E-state index in [4.69, 9.17) is 0 Å². The number of rotatable bonds is 3. The lowest BCUT2D eigenvalue weighted by molar-refractivity contribution is -0.111. The molecule has 0 aliphatic heterocycles. The molecule has 1 rings (SSSR count). The molecule has 0 aromatic heterocycles. The zero-order valence-corrected chi connectivity index (χ0v) is 9.65. The highest BCUT2D eigenvalue weighted by atomic mass is 32.2. The zero-order chi connectivity index (χ0) is 12.4. The number of hydrogen-bond donors (Lipinski definition) is 0. The van der Waals surface area contributed by atoms with Gasteiger partial charge in [-0.15, -0.1) is 0 Å². The summed E-state index contributed by atoms with van der Waals surface area (Å²) in [5, 5.41) is 0. The molecule has 0 radical (unpaired) electrons. The summed E-state index contributed by atoms with van der Waals surface area (Å²) in [6.07, 6.45) is 0.777. The standard InChI is InChI=1S/C11H11F3OS/c1-10(2,7-15)8-3-5-9(6-4-8)16-11(12,13)14/h3-7H,1-2H3. The van der Waals surface area contributed by atoms with Crippen molar-refractivity contribution < 1.29 is 18.0 Å². The molecule has 16 heavy (non-hydrogen) atoms. The minimum absolute atomic E-state index is 0.123. The van der Waals surface area contributed by atoms with Crippen LogP contribution in [0.5, 0.6) is 0 Å². The first kappa shape index (κ1) is 13.1. The Kier molecular flexibility index (Phi) is 3.68. The van der Waals surface area contributed by atoms with Crippen LogP contribution in [0.3, 0.4) is 0 Å². The Hall–Kier alpha value is -0.970. The van der Waals surface area contributed by atoms with E-state index in [-0.39, 0.29) is 16.7 Å². The second kappa shape index (κ2) is 4.49. The highest BCUT2D eigenvalue weighted by Gasteiger charge is 2.29. The summed E-state index contributed by atoms with van der Waals surface area (Å²) >= 11 is -0.161. The van der Waals surface area contributed by atoms with Gasteiger partial charge in [-0.1, -0.05) is 12.1 Å². The number of aldehydes is 1. The van der Waals surface area contributed by atoms with Gasteiger partial charge in [0.2, 0.25) is 0 Å². The SMILES string of the molecule is CC(C)(C=O)c1ccc(SC(F)(F)F)cc1. The van der Waals surface area contributed by atoms with Crippen molar-refractivity contribution in [1.82, 2.24) is 0 Å². The second-order valence-electron chi connectivity index (χ2n) is 3.91. The van der Waals surface area contributed by atoms with Crippen molar-refractivity contribution >= 4 is 18.0 Å². The fraction of sp³-hybridized carbons (Fsp3) is 0.364. The predicted molar refractivity (Wildman–Crippen MR) is 57.4 cm³/mol. The number of thioether (sulfide) groups is 1. The number of alkyl halides is 3. The van der Waals surface area contributed by atoms with Gasteiger partial charge in [0.1, 0.15) is 6.29 Å². The molecule has 0 heterocycles. The number of hydrogen-bond acceptors (Lipinski definition) is 2. The van der Waals surface area contributed by atoms with E-state index >= 15 is 0 Å². The highest BCUT2D eigenvalue weighted by molar-refractivity contribution is 8.00. The summed E-state index contributed by atoms with van der Waals surface area (Å²) in [6, 6.07) is 5.84. The normalized spacial score (nSPS) is 12.6. The molecule has 0 amide bonds. The van der Waals surface area contributed by atoms with Gasteiger partial charge in [0, 0.05) is 10.3 Å². The van der Waals surface area contributed by atoms with E-state index in [0.717, 1.165) is 6.29 Å². The van der Waals surface area contributed by atoms with Gasteiger partial charge in [0.25, 0.3) is 0 Å². The van der Waals surface area contributed by atoms with Gasteiger partial charge in [-0.05, 0) is 43.3 Å². The molecular weight excluding hydrogens is 237 g/mol. The first-order valence-electron chi connectivity index (χ1n) is 4.57. The van der Waals surface area contributed by atoms with Crippen LogP contribution in [0, 0.1) is 0 Å². The first-order valence-corrected chi connectivity index (χ1v) is 5.39. The molecule has 88 valence electrons. The third kappa shape index (κ3) is 3.56. The van der Waals surface area contributed by atoms with Crippen molar-refractivity contribution in [2.45, 2.75) is 29.7 Å². The van der Waals surface area contributed by atoms with Gasteiger partial charge in [0.15, 0.2) is 0 Å². The van der Waals surface area contributed by atoms with Crippen molar-refractivity contribution in [3.63, 3.8) is 0 Å². The molecule has 5 heteroatoms. The Balaban J connectivity index is 2.88. The average molecular weight is 248 g/mol. The second-order valence-corrected chi connectivity index (χ2v) is 5.05. The molecule has 0 spiro atoms. The van der Waals surface area contributed by atoms with E-state index in [9.17, 15) is 18.0 Å². The topological polar surface area (TPSA) is 17.1 Å². The average Bonchev–Trinajstić information content (AvgIpc) is 2.16. The van der Waals surface area contributed by atoms with Crippen LogP contribution >= 0.6 is 11.8 Å². The predicted octanol–water partition coefficient (Wildman–Crippen LogP) is 3.78. The third-order valence-corrected chi connectivity index (χ3v) is 2.87. The summed E-state index contributed by atoms with van der Waals surface area (Å²) in [7, 11) is 0. The Morgan fingerprint density at radius 2 is 1.62 bits per heavy atom. The molecule has 0 aliphatic rings. The molecule has 1 nitrogen and oxygen atoms in total. The summed E-state index contributed by atoms with van der Waals surface area (Å²) in [5.74, 6) is 0. The van der Waals surface area contributed by atoms with E-state index in [1.54, 1.807) is 26.0 Å². The van der Waals surface area contributed by atoms with Crippen molar-refractivity contribution in [3.05, 3.63) is 29.8 Å². The van der Waals surface area contributed by atoms with E-state index in [2.05, 4.69) is 0 Å². The molecular formula is C11H11F3OS. The molecule has 0 saturated heterocycles. The van der Waals surface area contributed by atoms with Crippen LogP contribution in [0.15, 0.2) is 29.2 Å². The van der Waals surface area contributed by atoms with Crippen LogP contribution in [-0.2, 0) is 10.2 Å². The summed E-state index contributed by atoms with van der Waals surface area (Å²) in [6.45, 7) is 3.43. The molecule has 0 unspecified atom stereocenters. The Morgan fingerprint density at radius 1 is 1.12 bits per heavy atom. The Morgan fingerprint density at radius 3 is 2.00 bits per heavy atom. The van der Waals surface area contributed by atoms with Crippen molar-refractivity contribution in [2.24, 2.45) is 0 Å². The number of carbonyl (C=O) groups is 1. The molecule has 0 fully saturated rings. The smallest absolute Gasteiger partial charge is 0.302 e. The fourth-order valence-corrected chi connectivity index (χ4v) is 1.69. The molecule has 0 bridgehead atoms. The van der Waals surface area contributed by atoms with Crippen LogP contribution in [0.1, 0.15) is 19.4 Å². The largest absolute Gasteiger partial charge is 0.446 e. The molecule has 0 N–H and O–H groups in total. The van der Waals surface area contributed by atoms with Gasteiger partial charge in [0.05, 0.1) is 0 Å². The van der Waals surface area contributed by atoms with Crippen LogP contribution in [0.25, 0.3) is 0 Å². The fourth-order valence-electron chi connectivity index (χ4n) is 1.15. The monoisotopic (exact) mass is 248 g/mol. The van der Waals surface area contributed by atoms with Crippen LogP contribution in [0.4, 0.5) is 13.2 Å². The number of carbonyl (C=O) groups excluding carboxylic acids is 1. The molecule has 0 atom stereocenters. The number of benzene rings is 1. The van der Waals surface area contributed by atoms with E-state index in [0.29, 0.717) is 5.56 Å². The van der Waals surface area contributed by atoms with Crippen molar-refractivity contribution in [1.29, 1.82) is 0 Å². The maximum atomic E-state index is 12.0. The van der Waals surface area contributed by atoms with Crippen LogP contribution in [-0.4, -0.2) is 11.8 Å². The minimum Gasteiger partial charge on any atom is -0.302 e.